The Morgan fingerprint density at radius 3 is 2.48 bits per heavy atom. The molecule has 0 spiro atoms. The summed E-state index contributed by atoms with van der Waals surface area (Å²) in [6, 6.07) is 14.6. The van der Waals surface area contributed by atoms with Gasteiger partial charge in [0.05, 0.1) is 6.54 Å². The van der Waals surface area contributed by atoms with Gasteiger partial charge in [0, 0.05) is 16.9 Å². The zero-order valence-electron chi connectivity index (χ0n) is 16.7. The number of aromatic nitrogens is 2. The van der Waals surface area contributed by atoms with Gasteiger partial charge in [0.1, 0.15) is 23.9 Å². The summed E-state index contributed by atoms with van der Waals surface area (Å²) in [4.78, 5) is 32.2. The second kappa shape index (κ2) is 9.05. The van der Waals surface area contributed by atoms with Gasteiger partial charge < -0.3 is 20.4 Å². The molecule has 0 atom stereocenters. The Morgan fingerprint density at radius 1 is 1.03 bits per heavy atom. The van der Waals surface area contributed by atoms with Gasteiger partial charge in [-0.05, 0) is 50.6 Å². The predicted octanol–water partition coefficient (Wildman–Crippen LogP) is 3.40. The third-order valence-corrected chi connectivity index (χ3v) is 4.37. The molecule has 0 fully saturated rings. The lowest BCUT2D eigenvalue weighted by Crippen LogP contribution is -2.28. The first-order valence-electron chi connectivity index (χ1n) is 9.35. The first kappa shape index (κ1) is 20.1. The summed E-state index contributed by atoms with van der Waals surface area (Å²) in [5.41, 5.74) is 2.93. The molecular weight excluding hydrogens is 368 g/mol. The van der Waals surface area contributed by atoms with Crippen LogP contribution in [0.1, 0.15) is 37.9 Å². The number of rotatable bonds is 7. The molecule has 0 bridgehead atoms. The smallest absolute Gasteiger partial charge is 0.276 e. The molecule has 3 aromatic rings. The van der Waals surface area contributed by atoms with Crippen molar-refractivity contribution in [2.24, 2.45) is 0 Å². The Balaban J connectivity index is 1.59. The molecule has 3 N–H and O–H groups in total. The van der Waals surface area contributed by atoms with Crippen LogP contribution in [0.15, 0.2) is 48.5 Å². The molecule has 3 rings (SSSR count). The lowest BCUT2D eigenvalue weighted by Gasteiger charge is -2.11. The number of hydrogen-bond donors (Lipinski definition) is 3. The Kier molecular flexibility index (Phi) is 6.29. The number of amides is 2. The van der Waals surface area contributed by atoms with E-state index in [1.165, 1.54) is 0 Å². The second-order valence-electron chi connectivity index (χ2n) is 6.70. The van der Waals surface area contributed by atoms with E-state index in [4.69, 9.17) is 4.74 Å². The second-order valence-corrected chi connectivity index (χ2v) is 6.70. The predicted molar refractivity (Wildman–Crippen MR) is 111 cm³/mol. The number of hydrogen-bond acceptors (Lipinski definition) is 4. The highest BCUT2D eigenvalue weighted by molar-refractivity contribution is 6.05. The number of para-hydroxylation sites is 1. The maximum Gasteiger partial charge on any atom is 0.276 e. The van der Waals surface area contributed by atoms with E-state index in [2.05, 4.69) is 20.6 Å². The summed E-state index contributed by atoms with van der Waals surface area (Å²) in [5.74, 6) is 0.883. The van der Waals surface area contributed by atoms with Crippen LogP contribution in [0.25, 0.3) is 0 Å². The number of ether oxygens (including phenoxy) is 1. The molecule has 7 heteroatoms. The lowest BCUT2D eigenvalue weighted by atomic mass is 10.1. The number of aromatic amines is 1. The zero-order chi connectivity index (χ0) is 20.8. The van der Waals surface area contributed by atoms with Crippen LogP contribution in [0.4, 0.5) is 5.69 Å². The summed E-state index contributed by atoms with van der Waals surface area (Å²) >= 11 is 0. The van der Waals surface area contributed by atoms with Crippen molar-refractivity contribution in [3.63, 3.8) is 0 Å². The fourth-order valence-electron chi connectivity index (χ4n) is 2.86. The molecule has 0 radical (unpaired) electrons. The summed E-state index contributed by atoms with van der Waals surface area (Å²) in [7, 11) is 0. The van der Waals surface area contributed by atoms with Gasteiger partial charge in [-0.2, -0.15) is 0 Å². The number of carbonyl (C=O) groups excluding carboxylic acids is 2. The molecule has 150 valence electrons. The molecular formula is C22H24N4O3. The Morgan fingerprint density at radius 2 is 1.79 bits per heavy atom. The van der Waals surface area contributed by atoms with Crippen LogP contribution in [-0.4, -0.2) is 34.9 Å². The van der Waals surface area contributed by atoms with Gasteiger partial charge in [0.25, 0.3) is 11.8 Å². The van der Waals surface area contributed by atoms with E-state index in [0.717, 1.165) is 11.3 Å². The van der Waals surface area contributed by atoms with E-state index >= 15 is 0 Å². The number of benzene rings is 2. The Hall–Kier alpha value is -3.61. The van der Waals surface area contributed by atoms with Gasteiger partial charge in [-0.15, -0.1) is 0 Å². The normalized spacial score (nSPS) is 10.4. The van der Waals surface area contributed by atoms with Crippen molar-refractivity contribution in [2.75, 3.05) is 18.5 Å². The third-order valence-electron chi connectivity index (χ3n) is 4.37. The van der Waals surface area contributed by atoms with Gasteiger partial charge in [-0.3, -0.25) is 9.59 Å². The maximum absolute atomic E-state index is 12.5. The van der Waals surface area contributed by atoms with Crippen molar-refractivity contribution >= 4 is 17.5 Å². The van der Waals surface area contributed by atoms with Crippen LogP contribution in [0.3, 0.4) is 0 Å². The van der Waals surface area contributed by atoms with Crippen LogP contribution >= 0.6 is 0 Å². The van der Waals surface area contributed by atoms with Crippen molar-refractivity contribution < 1.29 is 14.3 Å². The van der Waals surface area contributed by atoms with E-state index in [-0.39, 0.29) is 11.8 Å². The molecule has 7 nitrogen and oxygen atoms in total. The number of H-pyrrole nitrogens is 1. The molecule has 1 aromatic heterocycles. The standard InChI is InChI=1S/C22H24N4O3/c1-14-9-10-17(21(27)23-11-12-29-18-7-5-4-6-8-18)13-19(14)26-22(28)20-15(2)24-16(3)25-20/h4-10,13H,11-12H2,1-3H3,(H,23,27)(H,24,25)(H,26,28). The van der Waals surface area contributed by atoms with Crippen molar-refractivity contribution in [1.82, 2.24) is 15.3 Å². The fourth-order valence-corrected chi connectivity index (χ4v) is 2.86. The fraction of sp³-hybridized carbons (Fsp3) is 0.227. The average molecular weight is 392 g/mol. The van der Waals surface area contributed by atoms with Gasteiger partial charge in [0.15, 0.2) is 0 Å². The lowest BCUT2D eigenvalue weighted by molar-refractivity contribution is 0.0945. The number of anilines is 1. The molecule has 0 unspecified atom stereocenters. The summed E-state index contributed by atoms with van der Waals surface area (Å²) in [6.07, 6.45) is 0. The van der Waals surface area contributed by atoms with E-state index < -0.39 is 0 Å². The topological polar surface area (TPSA) is 96.1 Å². The number of aryl methyl sites for hydroxylation is 3. The minimum absolute atomic E-state index is 0.232. The highest BCUT2D eigenvalue weighted by atomic mass is 16.5. The van der Waals surface area contributed by atoms with E-state index in [1.807, 2.05) is 37.3 Å². The first-order chi connectivity index (χ1) is 13.9. The quantitative estimate of drug-likeness (QED) is 0.537. The van der Waals surface area contributed by atoms with Crippen molar-refractivity contribution in [3.8, 4) is 5.75 Å². The average Bonchev–Trinajstić information content (AvgIpc) is 3.05. The molecule has 29 heavy (non-hydrogen) atoms. The van der Waals surface area contributed by atoms with Crippen molar-refractivity contribution in [1.29, 1.82) is 0 Å². The molecule has 0 aliphatic carbocycles. The molecule has 0 aliphatic heterocycles. The molecule has 2 amide bonds. The Labute approximate surface area is 169 Å². The summed E-state index contributed by atoms with van der Waals surface area (Å²) in [5, 5.41) is 5.66. The van der Waals surface area contributed by atoms with E-state index in [1.54, 1.807) is 32.0 Å². The highest BCUT2D eigenvalue weighted by Crippen LogP contribution is 2.18. The maximum atomic E-state index is 12.5. The largest absolute Gasteiger partial charge is 0.492 e. The number of carbonyl (C=O) groups is 2. The SMILES string of the molecule is Cc1nc(C(=O)Nc2cc(C(=O)NCCOc3ccccc3)ccc2C)c(C)[nH]1. The van der Waals surface area contributed by atoms with Crippen LogP contribution in [0, 0.1) is 20.8 Å². The van der Waals surface area contributed by atoms with Gasteiger partial charge in [0.2, 0.25) is 0 Å². The molecule has 1 heterocycles. The van der Waals surface area contributed by atoms with Gasteiger partial charge in [-0.25, -0.2) is 4.98 Å². The number of imidazole rings is 1. The van der Waals surface area contributed by atoms with E-state index in [9.17, 15) is 9.59 Å². The van der Waals surface area contributed by atoms with Gasteiger partial charge >= 0.3 is 0 Å². The minimum atomic E-state index is -0.316. The highest BCUT2D eigenvalue weighted by Gasteiger charge is 2.16. The number of nitrogens with zero attached hydrogens (tertiary/aromatic N) is 1. The monoisotopic (exact) mass is 392 g/mol. The molecule has 0 aliphatic rings. The minimum Gasteiger partial charge on any atom is -0.492 e. The summed E-state index contributed by atoms with van der Waals surface area (Å²) in [6.45, 7) is 6.19. The third kappa shape index (κ3) is 5.22. The van der Waals surface area contributed by atoms with Crippen molar-refractivity contribution in [3.05, 3.63) is 76.9 Å². The molecule has 2 aromatic carbocycles. The van der Waals surface area contributed by atoms with Crippen LogP contribution in [0.5, 0.6) is 5.75 Å². The summed E-state index contributed by atoms with van der Waals surface area (Å²) < 4.78 is 5.57. The van der Waals surface area contributed by atoms with Crippen LogP contribution in [-0.2, 0) is 0 Å². The van der Waals surface area contributed by atoms with Crippen LogP contribution in [0.2, 0.25) is 0 Å². The number of nitrogens with one attached hydrogen (secondary N) is 3. The zero-order valence-corrected chi connectivity index (χ0v) is 16.7. The van der Waals surface area contributed by atoms with Gasteiger partial charge in [-0.1, -0.05) is 24.3 Å². The van der Waals surface area contributed by atoms with Crippen LogP contribution < -0.4 is 15.4 Å². The van der Waals surface area contributed by atoms with E-state index in [0.29, 0.717) is 41.6 Å². The molecule has 0 saturated heterocycles. The molecule has 0 saturated carbocycles. The Bertz CT molecular complexity index is 1010. The first-order valence-corrected chi connectivity index (χ1v) is 9.35. The van der Waals surface area contributed by atoms with Crippen molar-refractivity contribution in [2.45, 2.75) is 20.8 Å².